The first-order valence-electron chi connectivity index (χ1n) is 7.91. The van der Waals surface area contributed by atoms with Crippen molar-refractivity contribution < 1.29 is 4.74 Å². The van der Waals surface area contributed by atoms with E-state index in [1.165, 1.54) is 5.56 Å². The van der Waals surface area contributed by atoms with Crippen molar-refractivity contribution in [2.45, 2.75) is 13.0 Å². The van der Waals surface area contributed by atoms with E-state index < -0.39 is 0 Å². The predicted octanol–water partition coefficient (Wildman–Crippen LogP) is 5.06. The minimum Gasteiger partial charge on any atom is -0.495 e. The highest BCUT2D eigenvalue weighted by Crippen LogP contribution is 2.28. The molecule has 0 aliphatic carbocycles. The first-order valence-corrected chi connectivity index (χ1v) is 8.28. The first-order chi connectivity index (χ1) is 12.2. The molecular formula is C19H19ClN4O. The lowest BCUT2D eigenvalue weighted by Gasteiger charge is -2.15. The van der Waals surface area contributed by atoms with Gasteiger partial charge in [0.05, 0.1) is 18.2 Å². The Kier molecular flexibility index (Phi) is 5.36. The van der Waals surface area contributed by atoms with Crippen molar-refractivity contribution in [3.63, 3.8) is 0 Å². The van der Waals surface area contributed by atoms with E-state index >= 15 is 0 Å². The van der Waals surface area contributed by atoms with Crippen molar-refractivity contribution >= 4 is 29.1 Å². The third-order valence-corrected chi connectivity index (χ3v) is 4.02. The molecule has 0 saturated heterocycles. The molecule has 0 bridgehead atoms. The third-order valence-electron chi connectivity index (χ3n) is 3.72. The van der Waals surface area contributed by atoms with Gasteiger partial charge in [-0.05, 0) is 36.8 Å². The van der Waals surface area contributed by atoms with Crippen molar-refractivity contribution in [2.24, 2.45) is 0 Å². The van der Waals surface area contributed by atoms with Crippen molar-refractivity contribution in [1.29, 1.82) is 0 Å². The minimum absolute atomic E-state index is 0.104. The van der Waals surface area contributed by atoms with Gasteiger partial charge in [-0.25, -0.2) is 4.98 Å². The standard InChI is InChI=1S/C19H19ClN4O/c1-13(14-6-4-3-5-7-14)22-19-21-11-10-18(24-19)23-15-8-9-17(25-2)16(20)12-15/h3-13H,1-2H3,(H2,21,22,23,24). The number of nitrogens with zero attached hydrogens (tertiary/aromatic N) is 2. The zero-order valence-corrected chi connectivity index (χ0v) is 14.8. The zero-order valence-electron chi connectivity index (χ0n) is 14.0. The van der Waals surface area contributed by atoms with Crippen LogP contribution in [0, 0.1) is 0 Å². The maximum absolute atomic E-state index is 6.15. The van der Waals surface area contributed by atoms with Crippen molar-refractivity contribution in [1.82, 2.24) is 9.97 Å². The van der Waals surface area contributed by atoms with Gasteiger partial charge in [-0.1, -0.05) is 41.9 Å². The smallest absolute Gasteiger partial charge is 0.225 e. The van der Waals surface area contributed by atoms with Crippen molar-refractivity contribution in [2.75, 3.05) is 17.7 Å². The summed E-state index contributed by atoms with van der Waals surface area (Å²) in [6.45, 7) is 2.07. The number of benzene rings is 2. The second-order valence-corrected chi connectivity index (χ2v) is 5.92. The number of methoxy groups -OCH3 is 1. The lowest BCUT2D eigenvalue weighted by atomic mass is 10.1. The van der Waals surface area contributed by atoms with Crippen molar-refractivity contribution in [3.8, 4) is 5.75 Å². The first kappa shape index (κ1) is 17.0. The Balaban J connectivity index is 1.72. The Morgan fingerprint density at radius 3 is 2.60 bits per heavy atom. The van der Waals surface area contributed by atoms with Crippen LogP contribution in [0.5, 0.6) is 5.75 Å². The van der Waals surface area contributed by atoms with Gasteiger partial charge in [0.2, 0.25) is 5.95 Å². The predicted molar refractivity (Wildman–Crippen MR) is 102 cm³/mol. The largest absolute Gasteiger partial charge is 0.495 e. The normalized spacial score (nSPS) is 11.6. The van der Waals surface area contributed by atoms with E-state index in [4.69, 9.17) is 16.3 Å². The van der Waals surface area contributed by atoms with Crippen LogP contribution in [0.25, 0.3) is 0 Å². The van der Waals surface area contributed by atoms with E-state index in [2.05, 4.69) is 39.7 Å². The van der Waals surface area contributed by atoms with Crippen LogP contribution < -0.4 is 15.4 Å². The van der Waals surface area contributed by atoms with E-state index in [9.17, 15) is 0 Å². The van der Waals surface area contributed by atoms with E-state index in [1.807, 2.05) is 30.3 Å². The molecule has 1 heterocycles. The third kappa shape index (κ3) is 4.39. The number of nitrogens with one attached hydrogen (secondary N) is 2. The Bertz CT molecular complexity index is 842. The molecule has 0 amide bonds. The quantitative estimate of drug-likeness (QED) is 0.648. The number of hydrogen-bond donors (Lipinski definition) is 2. The molecule has 0 radical (unpaired) electrons. The second kappa shape index (κ2) is 7.85. The molecule has 3 aromatic rings. The van der Waals surface area contributed by atoms with E-state index in [0.717, 1.165) is 5.69 Å². The van der Waals surface area contributed by atoms with E-state index in [-0.39, 0.29) is 6.04 Å². The van der Waals surface area contributed by atoms with Gasteiger partial charge >= 0.3 is 0 Å². The molecule has 2 aromatic carbocycles. The monoisotopic (exact) mass is 354 g/mol. The Morgan fingerprint density at radius 1 is 1.08 bits per heavy atom. The molecule has 3 rings (SSSR count). The lowest BCUT2D eigenvalue weighted by molar-refractivity contribution is 0.415. The summed E-state index contributed by atoms with van der Waals surface area (Å²) >= 11 is 6.15. The van der Waals surface area contributed by atoms with Gasteiger partial charge in [-0.15, -0.1) is 0 Å². The van der Waals surface area contributed by atoms with Gasteiger partial charge in [0.15, 0.2) is 0 Å². The molecule has 0 spiro atoms. The van der Waals surface area contributed by atoms with Crippen LogP contribution in [0.2, 0.25) is 5.02 Å². The van der Waals surface area contributed by atoms with Crippen LogP contribution in [-0.2, 0) is 0 Å². The number of ether oxygens (including phenoxy) is 1. The highest BCUT2D eigenvalue weighted by Gasteiger charge is 2.08. The minimum atomic E-state index is 0.104. The number of aromatic nitrogens is 2. The highest BCUT2D eigenvalue weighted by atomic mass is 35.5. The summed E-state index contributed by atoms with van der Waals surface area (Å²) in [5, 5.41) is 7.06. The van der Waals surface area contributed by atoms with Crippen LogP contribution in [0.1, 0.15) is 18.5 Å². The summed E-state index contributed by atoms with van der Waals surface area (Å²) in [5.74, 6) is 1.87. The van der Waals surface area contributed by atoms with Crippen LogP contribution in [0.3, 0.4) is 0 Å². The molecule has 5 nitrogen and oxygen atoms in total. The number of halogens is 1. The summed E-state index contributed by atoms with van der Waals surface area (Å²) < 4.78 is 5.16. The molecule has 25 heavy (non-hydrogen) atoms. The second-order valence-electron chi connectivity index (χ2n) is 5.52. The molecular weight excluding hydrogens is 336 g/mol. The molecule has 1 atom stereocenters. The zero-order chi connectivity index (χ0) is 17.6. The van der Waals surface area contributed by atoms with Crippen molar-refractivity contribution in [3.05, 3.63) is 71.4 Å². The maximum Gasteiger partial charge on any atom is 0.225 e. The molecule has 6 heteroatoms. The molecule has 1 aromatic heterocycles. The maximum atomic E-state index is 6.15. The average Bonchev–Trinajstić information content (AvgIpc) is 2.63. The summed E-state index contributed by atoms with van der Waals surface area (Å²) in [7, 11) is 1.59. The Hall–Kier alpha value is -2.79. The molecule has 0 aliphatic heterocycles. The Labute approximate surface area is 152 Å². The van der Waals surface area contributed by atoms with Crippen LogP contribution in [0.15, 0.2) is 60.8 Å². The highest BCUT2D eigenvalue weighted by molar-refractivity contribution is 6.32. The fraction of sp³-hybridized carbons (Fsp3) is 0.158. The van der Waals surface area contributed by atoms with Gasteiger partial charge < -0.3 is 15.4 Å². The van der Waals surface area contributed by atoms with Gasteiger partial charge in [0, 0.05) is 11.9 Å². The summed E-state index contributed by atoms with van der Waals surface area (Å²) in [6, 6.07) is 17.6. The van der Waals surface area contributed by atoms with Crippen LogP contribution >= 0.6 is 11.6 Å². The SMILES string of the molecule is COc1ccc(Nc2ccnc(NC(C)c3ccccc3)n2)cc1Cl. The molecule has 0 fully saturated rings. The molecule has 0 saturated carbocycles. The van der Waals surface area contributed by atoms with E-state index in [0.29, 0.717) is 22.5 Å². The van der Waals surface area contributed by atoms with Crippen LogP contribution in [0.4, 0.5) is 17.5 Å². The fourth-order valence-corrected chi connectivity index (χ4v) is 2.67. The summed E-state index contributed by atoms with van der Waals surface area (Å²) in [4.78, 5) is 8.78. The molecule has 0 aliphatic rings. The van der Waals surface area contributed by atoms with Gasteiger partial charge in [-0.2, -0.15) is 4.98 Å². The van der Waals surface area contributed by atoms with Gasteiger partial charge in [0.25, 0.3) is 0 Å². The summed E-state index contributed by atoms with van der Waals surface area (Å²) in [5.41, 5.74) is 2.00. The van der Waals surface area contributed by atoms with E-state index in [1.54, 1.807) is 25.4 Å². The molecule has 2 N–H and O–H groups in total. The molecule has 128 valence electrons. The number of rotatable bonds is 6. The Morgan fingerprint density at radius 2 is 1.88 bits per heavy atom. The molecule has 1 unspecified atom stereocenters. The van der Waals surface area contributed by atoms with Gasteiger partial charge in [-0.3, -0.25) is 0 Å². The summed E-state index contributed by atoms with van der Waals surface area (Å²) in [6.07, 6.45) is 1.71. The number of anilines is 3. The average molecular weight is 355 g/mol. The topological polar surface area (TPSA) is 59.1 Å². The van der Waals surface area contributed by atoms with Gasteiger partial charge in [0.1, 0.15) is 11.6 Å². The van der Waals surface area contributed by atoms with Crippen LogP contribution in [-0.4, -0.2) is 17.1 Å². The number of hydrogen-bond acceptors (Lipinski definition) is 5. The lowest BCUT2D eigenvalue weighted by Crippen LogP contribution is -2.09. The fourth-order valence-electron chi connectivity index (χ4n) is 2.41.